The predicted octanol–water partition coefficient (Wildman–Crippen LogP) is 3.27. The Bertz CT molecular complexity index is 373. The van der Waals surface area contributed by atoms with E-state index in [1.165, 1.54) is 32.5 Å². The van der Waals surface area contributed by atoms with E-state index in [0.717, 1.165) is 11.6 Å². The molecule has 1 N–H and O–H groups in total. The molecule has 4 heteroatoms. The van der Waals surface area contributed by atoms with Crippen LogP contribution in [0, 0.1) is 5.92 Å². The molecule has 100 valence electrons. The zero-order chi connectivity index (χ0) is 13.0. The van der Waals surface area contributed by atoms with Gasteiger partial charge in [0.2, 0.25) is 0 Å². The van der Waals surface area contributed by atoms with Crippen LogP contribution in [0.4, 0.5) is 5.69 Å². The van der Waals surface area contributed by atoms with Crippen LogP contribution in [-0.4, -0.2) is 35.6 Å². The van der Waals surface area contributed by atoms with Crippen molar-refractivity contribution in [2.24, 2.45) is 5.92 Å². The number of pyridine rings is 1. The molecule has 0 bridgehead atoms. The molecule has 1 aliphatic heterocycles. The molecule has 0 radical (unpaired) electrons. The van der Waals surface area contributed by atoms with Gasteiger partial charge in [-0.3, -0.25) is 4.98 Å². The second-order valence-electron chi connectivity index (χ2n) is 5.47. The maximum absolute atomic E-state index is 6.11. The van der Waals surface area contributed by atoms with Crippen molar-refractivity contribution in [3.63, 3.8) is 0 Å². The van der Waals surface area contributed by atoms with Crippen molar-refractivity contribution in [3.05, 3.63) is 23.5 Å². The predicted molar refractivity (Wildman–Crippen MR) is 77.2 cm³/mol. The molecule has 1 fully saturated rings. The van der Waals surface area contributed by atoms with Gasteiger partial charge in [0.1, 0.15) is 0 Å². The summed E-state index contributed by atoms with van der Waals surface area (Å²) in [6, 6.07) is 2.48. The number of rotatable bonds is 4. The number of nitrogens with zero attached hydrogens (tertiary/aromatic N) is 2. The maximum Gasteiger partial charge on any atom is 0.0820 e. The Hall–Kier alpha value is -0.800. The van der Waals surface area contributed by atoms with Gasteiger partial charge in [-0.05, 0) is 24.8 Å². The fourth-order valence-corrected chi connectivity index (χ4v) is 2.66. The van der Waals surface area contributed by atoms with Gasteiger partial charge in [-0.2, -0.15) is 0 Å². The van der Waals surface area contributed by atoms with Crippen LogP contribution in [0.5, 0.6) is 0 Å². The lowest BCUT2D eigenvalue weighted by atomic mass is 10.0. The Morgan fingerprint density at radius 1 is 1.44 bits per heavy atom. The first kappa shape index (κ1) is 13.6. The highest BCUT2D eigenvalue weighted by molar-refractivity contribution is 6.33. The first-order chi connectivity index (χ1) is 8.65. The summed E-state index contributed by atoms with van der Waals surface area (Å²) in [5.74, 6) is 0.754. The molecule has 1 saturated heterocycles. The minimum atomic E-state index is 0.535. The van der Waals surface area contributed by atoms with Crippen molar-refractivity contribution in [2.75, 3.05) is 25.0 Å². The Morgan fingerprint density at radius 2 is 2.17 bits per heavy atom. The minimum Gasteiger partial charge on any atom is -0.381 e. The van der Waals surface area contributed by atoms with E-state index in [-0.39, 0.29) is 0 Å². The lowest BCUT2D eigenvalue weighted by Crippen LogP contribution is -2.40. The molecule has 1 aromatic heterocycles. The SMILES string of the molecule is CC(C)CN1CCC(Nc2ccncc2Cl)CC1. The van der Waals surface area contributed by atoms with Crippen molar-refractivity contribution < 1.29 is 0 Å². The molecule has 1 aliphatic rings. The van der Waals surface area contributed by atoms with Crippen molar-refractivity contribution >= 4 is 17.3 Å². The van der Waals surface area contributed by atoms with Gasteiger partial charge in [0.25, 0.3) is 0 Å². The lowest BCUT2D eigenvalue weighted by Gasteiger charge is -2.33. The number of halogens is 1. The van der Waals surface area contributed by atoms with E-state index >= 15 is 0 Å². The minimum absolute atomic E-state index is 0.535. The number of hydrogen-bond donors (Lipinski definition) is 1. The fraction of sp³-hybridized carbons (Fsp3) is 0.643. The topological polar surface area (TPSA) is 28.2 Å². The molecule has 0 aromatic carbocycles. The van der Waals surface area contributed by atoms with E-state index in [9.17, 15) is 0 Å². The van der Waals surface area contributed by atoms with Crippen LogP contribution in [0.1, 0.15) is 26.7 Å². The summed E-state index contributed by atoms with van der Waals surface area (Å²) in [4.78, 5) is 6.56. The Morgan fingerprint density at radius 3 is 2.78 bits per heavy atom. The monoisotopic (exact) mass is 267 g/mol. The highest BCUT2D eigenvalue weighted by Crippen LogP contribution is 2.23. The Balaban J connectivity index is 1.82. The van der Waals surface area contributed by atoms with E-state index in [1.807, 2.05) is 6.07 Å². The van der Waals surface area contributed by atoms with Crippen LogP contribution in [0.2, 0.25) is 5.02 Å². The number of hydrogen-bond acceptors (Lipinski definition) is 3. The van der Waals surface area contributed by atoms with Crippen molar-refractivity contribution in [3.8, 4) is 0 Å². The second-order valence-corrected chi connectivity index (χ2v) is 5.88. The summed E-state index contributed by atoms with van der Waals surface area (Å²) in [7, 11) is 0. The van der Waals surface area contributed by atoms with Crippen molar-refractivity contribution in [1.29, 1.82) is 0 Å². The van der Waals surface area contributed by atoms with E-state index in [2.05, 4.69) is 29.0 Å². The van der Waals surface area contributed by atoms with Crippen LogP contribution in [-0.2, 0) is 0 Å². The largest absolute Gasteiger partial charge is 0.381 e. The number of likely N-dealkylation sites (tertiary alicyclic amines) is 1. The third-order valence-corrected chi connectivity index (χ3v) is 3.64. The number of nitrogens with one attached hydrogen (secondary N) is 1. The van der Waals surface area contributed by atoms with Gasteiger partial charge >= 0.3 is 0 Å². The van der Waals surface area contributed by atoms with E-state index in [0.29, 0.717) is 11.1 Å². The zero-order valence-electron chi connectivity index (χ0n) is 11.2. The van der Waals surface area contributed by atoms with Crippen molar-refractivity contribution in [2.45, 2.75) is 32.7 Å². The molecular weight excluding hydrogens is 246 g/mol. The van der Waals surface area contributed by atoms with Gasteiger partial charge in [-0.25, -0.2) is 0 Å². The summed E-state index contributed by atoms with van der Waals surface area (Å²) in [5, 5.41) is 4.23. The van der Waals surface area contributed by atoms with Crippen LogP contribution in [0.15, 0.2) is 18.5 Å². The molecule has 0 unspecified atom stereocenters. The van der Waals surface area contributed by atoms with E-state index in [4.69, 9.17) is 11.6 Å². The molecule has 3 nitrogen and oxygen atoms in total. The third-order valence-electron chi connectivity index (χ3n) is 3.34. The summed E-state index contributed by atoms with van der Waals surface area (Å²) >= 11 is 6.11. The molecule has 0 atom stereocenters. The maximum atomic E-state index is 6.11. The van der Waals surface area contributed by atoms with Crippen LogP contribution in [0.25, 0.3) is 0 Å². The molecule has 1 aromatic rings. The fourth-order valence-electron chi connectivity index (χ4n) is 2.49. The highest BCUT2D eigenvalue weighted by atomic mass is 35.5. The molecule has 2 rings (SSSR count). The number of aromatic nitrogens is 1. The summed E-state index contributed by atoms with van der Waals surface area (Å²) in [6.45, 7) is 8.13. The Labute approximate surface area is 115 Å². The average Bonchev–Trinajstić information content (AvgIpc) is 2.34. The first-order valence-corrected chi connectivity index (χ1v) is 7.11. The molecule has 0 aliphatic carbocycles. The van der Waals surface area contributed by atoms with Crippen LogP contribution >= 0.6 is 11.6 Å². The van der Waals surface area contributed by atoms with E-state index in [1.54, 1.807) is 12.4 Å². The average molecular weight is 268 g/mol. The molecule has 0 spiro atoms. The Kier molecular flexibility index (Phi) is 4.84. The number of anilines is 1. The normalized spacial score (nSPS) is 18.2. The standard InChI is InChI=1S/C14H22ClN3/c1-11(2)10-18-7-4-12(5-8-18)17-14-3-6-16-9-13(14)15/h3,6,9,11-12H,4-5,7-8,10H2,1-2H3,(H,16,17). The molecule has 0 saturated carbocycles. The van der Waals surface area contributed by atoms with Crippen molar-refractivity contribution in [1.82, 2.24) is 9.88 Å². The van der Waals surface area contributed by atoms with Gasteiger partial charge < -0.3 is 10.2 Å². The van der Waals surface area contributed by atoms with Gasteiger partial charge in [0.05, 0.1) is 10.7 Å². The van der Waals surface area contributed by atoms with E-state index < -0.39 is 0 Å². The zero-order valence-corrected chi connectivity index (χ0v) is 12.0. The smallest absolute Gasteiger partial charge is 0.0820 e. The molecule has 2 heterocycles. The number of piperidine rings is 1. The summed E-state index contributed by atoms with van der Waals surface area (Å²) in [5.41, 5.74) is 1.01. The second kappa shape index (κ2) is 6.39. The van der Waals surface area contributed by atoms with Gasteiger partial charge in [-0.1, -0.05) is 25.4 Å². The quantitative estimate of drug-likeness (QED) is 0.908. The highest BCUT2D eigenvalue weighted by Gasteiger charge is 2.19. The summed E-state index contributed by atoms with van der Waals surface area (Å²) in [6.07, 6.45) is 5.84. The first-order valence-electron chi connectivity index (χ1n) is 6.73. The van der Waals surface area contributed by atoms with Gasteiger partial charge in [-0.15, -0.1) is 0 Å². The molecule has 18 heavy (non-hydrogen) atoms. The summed E-state index contributed by atoms with van der Waals surface area (Å²) < 4.78 is 0. The molecular formula is C14H22ClN3. The molecule has 0 amide bonds. The van der Waals surface area contributed by atoms with Gasteiger partial charge in [0, 0.05) is 38.1 Å². The lowest BCUT2D eigenvalue weighted by molar-refractivity contribution is 0.198. The van der Waals surface area contributed by atoms with Gasteiger partial charge in [0.15, 0.2) is 0 Å². The third kappa shape index (κ3) is 3.85. The van der Waals surface area contributed by atoms with Crippen LogP contribution in [0.3, 0.4) is 0 Å². The van der Waals surface area contributed by atoms with Crippen LogP contribution < -0.4 is 5.32 Å².